The molecule has 4 rings (SSSR count). The van der Waals surface area contributed by atoms with Gasteiger partial charge in [-0.25, -0.2) is 0 Å². The lowest BCUT2D eigenvalue weighted by atomic mass is 9.87. The molecule has 0 radical (unpaired) electrons. The van der Waals surface area contributed by atoms with Crippen LogP contribution in [0.25, 0.3) is 0 Å². The molecule has 1 unspecified atom stereocenters. The maximum absolute atomic E-state index is 12.9. The summed E-state index contributed by atoms with van der Waals surface area (Å²) in [5.41, 5.74) is 0.813. The summed E-state index contributed by atoms with van der Waals surface area (Å²) in [5, 5.41) is 21.7. The highest BCUT2D eigenvalue weighted by Gasteiger charge is 2.49. The van der Waals surface area contributed by atoms with Crippen LogP contribution in [0.3, 0.4) is 0 Å². The van der Waals surface area contributed by atoms with Crippen molar-refractivity contribution < 1.29 is 23.4 Å². The normalized spacial score (nSPS) is 28.5. The molecule has 4 atom stereocenters. The van der Waals surface area contributed by atoms with Crippen molar-refractivity contribution in [1.29, 1.82) is 0 Å². The van der Waals surface area contributed by atoms with E-state index in [1.165, 1.54) is 12.1 Å². The molecule has 0 spiro atoms. The second kappa shape index (κ2) is 7.42. The van der Waals surface area contributed by atoms with Gasteiger partial charge in [-0.1, -0.05) is 36.4 Å². The van der Waals surface area contributed by atoms with E-state index in [2.05, 4.69) is 4.90 Å². The van der Waals surface area contributed by atoms with Crippen molar-refractivity contribution in [1.82, 2.24) is 4.90 Å². The fourth-order valence-electron chi connectivity index (χ4n) is 5.19. The van der Waals surface area contributed by atoms with Crippen LogP contribution < -0.4 is 0 Å². The monoisotopic (exact) mass is 405 g/mol. The van der Waals surface area contributed by atoms with E-state index < -0.39 is 23.4 Å². The Bertz CT molecular complexity index is 868. The number of fused-ring (bicyclic) bond motifs is 1. The molecule has 0 bridgehead atoms. The summed E-state index contributed by atoms with van der Waals surface area (Å²) in [6.45, 7) is 3.81. The molecule has 2 N–H and O–H groups in total. The van der Waals surface area contributed by atoms with Crippen molar-refractivity contribution in [3.63, 3.8) is 0 Å². The number of aryl methyl sites for hydroxylation is 1. The highest BCUT2D eigenvalue weighted by molar-refractivity contribution is 5.33. The van der Waals surface area contributed by atoms with Crippen LogP contribution in [0.1, 0.15) is 41.2 Å². The molecule has 1 saturated carbocycles. The van der Waals surface area contributed by atoms with Crippen LogP contribution in [0.4, 0.5) is 13.2 Å². The fourth-order valence-corrected chi connectivity index (χ4v) is 5.19. The first kappa shape index (κ1) is 20.4. The van der Waals surface area contributed by atoms with E-state index in [4.69, 9.17) is 0 Å². The van der Waals surface area contributed by atoms with Gasteiger partial charge in [0.05, 0.1) is 17.3 Å². The molecule has 0 aromatic heterocycles. The molecule has 29 heavy (non-hydrogen) atoms. The minimum Gasteiger partial charge on any atom is -0.387 e. The second-order valence-corrected chi connectivity index (χ2v) is 8.63. The molecule has 2 aromatic rings. The van der Waals surface area contributed by atoms with Crippen molar-refractivity contribution >= 4 is 0 Å². The smallest absolute Gasteiger partial charge is 0.387 e. The molecule has 156 valence electrons. The quantitative estimate of drug-likeness (QED) is 0.798. The van der Waals surface area contributed by atoms with Crippen molar-refractivity contribution in [2.75, 3.05) is 19.6 Å². The van der Waals surface area contributed by atoms with E-state index in [9.17, 15) is 23.4 Å². The van der Waals surface area contributed by atoms with Crippen LogP contribution in [0.5, 0.6) is 0 Å². The topological polar surface area (TPSA) is 43.7 Å². The average molecular weight is 405 g/mol. The van der Waals surface area contributed by atoms with Crippen molar-refractivity contribution in [3.8, 4) is 0 Å². The molecule has 2 aromatic carbocycles. The Morgan fingerprint density at radius 1 is 1.07 bits per heavy atom. The Labute approximate surface area is 168 Å². The molecule has 1 heterocycles. The van der Waals surface area contributed by atoms with E-state index in [-0.39, 0.29) is 5.56 Å². The molecule has 1 aliphatic carbocycles. The molecule has 6 heteroatoms. The van der Waals surface area contributed by atoms with E-state index in [0.29, 0.717) is 31.2 Å². The van der Waals surface area contributed by atoms with Gasteiger partial charge < -0.3 is 10.2 Å². The van der Waals surface area contributed by atoms with Gasteiger partial charge in [-0.2, -0.15) is 13.2 Å². The number of benzene rings is 2. The van der Waals surface area contributed by atoms with E-state index in [0.717, 1.165) is 36.3 Å². The summed E-state index contributed by atoms with van der Waals surface area (Å²) in [4.78, 5) is 2.11. The van der Waals surface area contributed by atoms with Gasteiger partial charge >= 0.3 is 6.18 Å². The first-order chi connectivity index (χ1) is 13.7. The Morgan fingerprint density at radius 3 is 2.34 bits per heavy atom. The predicted octanol–water partition coefficient (Wildman–Crippen LogP) is 4.28. The number of β-amino-alcohol motifs (C(OH)–C–C–N with tert-alkyl or cyclic N) is 1. The number of aliphatic hydroxyl groups excluding tert-OH is 1. The third-order valence-electron chi connectivity index (χ3n) is 6.53. The third kappa shape index (κ3) is 4.06. The first-order valence-corrected chi connectivity index (χ1v) is 10.0. The Balaban J connectivity index is 1.40. The SMILES string of the molecule is Cc1ccccc1[C@]1(O)C[C@H]2CN(CC(O)c3cccc(C(F)(F)F)c3)C[C@H]2C1. The molecule has 2 fully saturated rings. The molecular weight excluding hydrogens is 379 g/mol. The second-order valence-electron chi connectivity index (χ2n) is 8.63. The zero-order valence-electron chi connectivity index (χ0n) is 16.4. The zero-order valence-corrected chi connectivity index (χ0v) is 16.4. The van der Waals surface area contributed by atoms with Crippen molar-refractivity contribution in [2.45, 2.75) is 37.6 Å². The minimum absolute atomic E-state index is 0.285. The number of alkyl halides is 3. The maximum Gasteiger partial charge on any atom is 0.416 e. The number of aliphatic hydroxyl groups is 2. The van der Waals surface area contributed by atoms with E-state index in [1.54, 1.807) is 0 Å². The number of hydrogen-bond donors (Lipinski definition) is 2. The van der Waals surface area contributed by atoms with E-state index >= 15 is 0 Å². The zero-order chi connectivity index (χ0) is 20.8. The van der Waals surface area contributed by atoms with Gasteiger partial charge in [-0.05, 0) is 60.4 Å². The highest BCUT2D eigenvalue weighted by atomic mass is 19.4. The van der Waals surface area contributed by atoms with Crippen LogP contribution >= 0.6 is 0 Å². The summed E-state index contributed by atoms with van der Waals surface area (Å²) in [7, 11) is 0. The van der Waals surface area contributed by atoms with Crippen molar-refractivity contribution in [3.05, 3.63) is 70.8 Å². The lowest BCUT2D eigenvalue weighted by Gasteiger charge is -2.28. The van der Waals surface area contributed by atoms with E-state index in [1.807, 2.05) is 31.2 Å². The Morgan fingerprint density at radius 2 is 1.72 bits per heavy atom. The number of likely N-dealkylation sites (tertiary alicyclic amines) is 1. The molecular formula is C23H26F3NO2. The number of nitrogens with zero attached hydrogens (tertiary/aromatic N) is 1. The summed E-state index contributed by atoms with van der Waals surface area (Å²) >= 11 is 0. The van der Waals surface area contributed by atoms with Crippen molar-refractivity contribution in [2.24, 2.45) is 11.8 Å². The molecule has 3 nitrogen and oxygen atoms in total. The first-order valence-electron chi connectivity index (χ1n) is 10.0. The van der Waals surface area contributed by atoms with Gasteiger partial charge in [0, 0.05) is 19.6 Å². The van der Waals surface area contributed by atoms with Gasteiger partial charge in [0.2, 0.25) is 0 Å². The molecule has 2 aliphatic rings. The van der Waals surface area contributed by atoms with Gasteiger partial charge in [0.15, 0.2) is 0 Å². The fraction of sp³-hybridized carbons (Fsp3) is 0.478. The van der Waals surface area contributed by atoms with Crippen LogP contribution in [0.15, 0.2) is 48.5 Å². The number of rotatable bonds is 4. The number of hydrogen-bond acceptors (Lipinski definition) is 3. The summed E-state index contributed by atoms with van der Waals surface area (Å²) in [6.07, 6.45) is -4.02. The average Bonchev–Trinajstić information content (AvgIpc) is 3.16. The highest BCUT2D eigenvalue weighted by Crippen LogP contribution is 2.49. The maximum atomic E-state index is 12.9. The lowest BCUT2D eigenvalue weighted by Crippen LogP contribution is -2.31. The third-order valence-corrected chi connectivity index (χ3v) is 6.53. The number of halogens is 3. The largest absolute Gasteiger partial charge is 0.416 e. The van der Waals surface area contributed by atoms with Gasteiger partial charge in [-0.3, -0.25) is 4.90 Å². The standard InChI is InChI=1S/C23H26F3NO2/c1-15-5-2-3-8-20(15)22(29)10-17-12-27(13-18(17)11-22)14-21(28)16-6-4-7-19(9-16)23(24,25)26/h2-9,17-18,21,28-29H,10-14H2,1H3/t17-,18+,21?,22-. The predicted molar refractivity (Wildman–Crippen MR) is 104 cm³/mol. The molecule has 1 aliphatic heterocycles. The van der Waals surface area contributed by atoms with Gasteiger partial charge in [-0.15, -0.1) is 0 Å². The van der Waals surface area contributed by atoms with Crippen LogP contribution in [-0.4, -0.2) is 34.7 Å². The Hall–Kier alpha value is -1.89. The summed E-state index contributed by atoms with van der Waals surface area (Å²) < 4.78 is 38.8. The van der Waals surface area contributed by atoms with Crippen LogP contribution in [-0.2, 0) is 11.8 Å². The van der Waals surface area contributed by atoms with Crippen LogP contribution in [0.2, 0.25) is 0 Å². The summed E-state index contributed by atoms with van der Waals surface area (Å²) in [6, 6.07) is 12.8. The van der Waals surface area contributed by atoms with Gasteiger partial charge in [0.25, 0.3) is 0 Å². The minimum atomic E-state index is -4.42. The molecule has 1 saturated heterocycles. The lowest BCUT2D eigenvalue weighted by molar-refractivity contribution is -0.137. The Kier molecular flexibility index (Phi) is 5.21. The summed E-state index contributed by atoms with van der Waals surface area (Å²) in [5.74, 6) is 0.654. The van der Waals surface area contributed by atoms with Crippen LogP contribution in [0, 0.1) is 18.8 Å². The van der Waals surface area contributed by atoms with Gasteiger partial charge in [0.1, 0.15) is 0 Å². The molecule has 0 amide bonds.